The molecule has 3 aromatic rings. The van der Waals surface area contributed by atoms with Gasteiger partial charge in [-0.3, -0.25) is 4.57 Å². The molecule has 2 aromatic heterocycles. The van der Waals surface area contributed by atoms with Gasteiger partial charge in [-0.2, -0.15) is 0 Å². The number of hydrogen-bond donors (Lipinski definition) is 0. The highest BCUT2D eigenvalue weighted by Gasteiger charge is 2.28. The molecule has 5 heteroatoms. The van der Waals surface area contributed by atoms with Crippen molar-refractivity contribution in [1.82, 2.24) is 19.7 Å². The van der Waals surface area contributed by atoms with E-state index in [1.807, 2.05) is 18.2 Å². The molecule has 0 amide bonds. The Morgan fingerprint density at radius 3 is 2.44 bits per heavy atom. The number of aryl methyl sites for hydroxylation is 2. The number of benzene rings is 1. The van der Waals surface area contributed by atoms with Gasteiger partial charge in [-0.15, -0.1) is 10.2 Å². The maximum atomic E-state index is 6.04. The number of aromatic nitrogens is 4. The minimum atomic E-state index is 0.234. The molecule has 27 heavy (non-hydrogen) atoms. The van der Waals surface area contributed by atoms with E-state index in [1.54, 1.807) is 6.20 Å². The molecular formula is C22H26N4O. The second kappa shape index (κ2) is 7.91. The molecule has 0 radical (unpaired) electrons. The fourth-order valence-corrected chi connectivity index (χ4v) is 3.83. The van der Waals surface area contributed by atoms with E-state index in [1.165, 1.54) is 5.56 Å². The molecule has 1 saturated carbocycles. The van der Waals surface area contributed by atoms with Crippen LogP contribution in [-0.2, 0) is 6.42 Å². The van der Waals surface area contributed by atoms with Crippen LogP contribution in [0.5, 0.6) is 5.88 Å². The first-order valence-electron chi connectivity index (χ1n) is 9.83. The third-order valence-electron chi connectivity index (χ3n) is 5.33. The van der Waals surface area contributed by atoms with Crippen molar-refractivity contribution in [2.45, 2.75) is 58.0 Å². The zero-order valence-corrected chi connectivity index (χ0v) is 16.0. The first-order chi connectivity index (χ1) is 13.2. The van der Waals surface area contributed by atoms with Gasteiger partial charge in [0.05, 0.1) is 0 Å². The van der Waals surface area contributed by atoms with E-state index in [2.05, 4.69) is 57.9 Å². The number of rotatable bonds is 5. The molecule has 0 bridgehead atoms. The summed E-state index contributed by atoms with van der Waals surface area (Å²) in [4.78, 5) is 4.28. The predicted octanol–water partition coefficient (Wildman–Crippen LogP) is 4.64. The van der Waals surface area contributed by atoms with Crippen LogP contribution in [-0.4, -0.2) is 25.9 Å². The van der Waals surface area contributed by atoms with E-state index < -0.39 is 0 Å². The lowest BCUT2D eigenvalue weighted by atomic mass is 9.86. The van der Waals surface area contributed by atoms with Crippen molar-refractivity contribution in [1.29, 1.82) is 0 Å². The summed E-state index contributed by atoms with van der Waals surface area (Å²) < 4.78 is 8.29. The number of ether oxygens (including phenoxy) is 1. The van der Waals surface area contributed by atoms with Crippen molar-refractivity contribution in [3.63, 3.8) is 0 Å². The summed E-state index contributed by atoms with van der Waals surface area (Å²) in [5.41, 5.74) is 2.42. The molecule has 0 atom stereocenters. The molecule has 1 aromatic carbocycles. The van der Waals surface area contributed by atoms with E-state index >= 15 is 0 Å². The summed E-state index contributed by atoms with van der Waals surface area (Å²) in [6.45, 7) is 4.25. The minimum Gasteiger partial charge on any atom is -0.474 e. The molecule has 0 spiro atoms. The molecule has 0 aliphatic heterocycles. The fraction of sp³-hybridized carbons (Fsp3) is 0.409. The molecule has 0 unspecified atom stereocenters. The van der Waals surface area contributed by atoms with Gasteiger partial charge in [-0.1, -0.05) is 30.7 Å². The van der Waals surface area contributed by atoms with Gasteiger partial charge in [-0.25, -0.2) is 4.98 Å². The lowest BCUT2D eigenvalue weighted by Crippen LogP contribution is -2.25. The molecule has 4 rings (SSSR count). The van der Waals surface area contributed by atoms with Gasteiger partial charge in [0.15, 0.2) is 0 Å². The molecule has 1 aliphatic carbocycles. The lowest BCUT2D eigenvalue weighted by molar-refractivity contribution is 0.139. The average molecular weight is 362 g/mol. The first-order valence-corrected chi connectivity index (χ1v) is 9.83. The summed E-state index contributed by atoms with van der Waals surface area (Å²) in [5, 5.41) is 9.05. The summed E-state index contributed by atoms with van der Waals surface area (Å²) in [5.74, 6) is 3.26. The molecule has 5 nitrogen and oxygen atoms in total. The van der Waals surface area contributed by atoms with Crippen LogP contribution < -0.4 is 4.74 Å². The Morgan fingerprint density at radius 2 is 1.78 bits per heavy atom. The number of pyridine rings is 1. The van der Waals surface area contributed by atoms with Crippen molar-refractivity contribution in [2.24, 2.45) is 0 Å². The largest absolute Gasteiger partial charge is 0.474 e. The van der Waals surface area contributed by atoms with Crippen molar-refractivity contribution >= 4 is 0 Å². The fourth-order valence-electron chi connectivity index (χ4n) is 3.83. The first kappa shape index (κ1) is 17.7. The van der Waals surface area contributed by atoms with Crippen LogP contribution in [0, 0.1) is 6.92 Å². The highest BCUT2D eigenvalue weighted by molar-refractivity contribution is 5.37. The summed E-state index contributed by atoms with van der Waals surface area (Å²) in [6, 6.07) is 14.4. The van der Waals surface area contributed by atoms with Crippen LogP contribution in [0.3, 0.4) is 0 Å². The molecule has 1 fully saturated rings. The van der Waals surface area contributed by atoms with Gasteiger partial charge in [-0.05, 0) is 50.8 Å². The monoisotopic (exact) mass is 362 g/mol. The Balaban J connectivity index is 1.50. The van der Waals surface area contributed by atoms with Gasteiger partial charge in [0, 0.05) is 30.3 Å². The third-order valence-corrected chi connectivity index (χ3v) is 5.33. The predicted molar refractivity (Wildman–Crippen MR) is 105 cm³/mol. The SMILES string of the molecule is CCc1nnc(C2CCC(Oc3ccccn3)CC2)n1-c1ccc(C)cc1. The number of nitrogens with zero attached hydrogens (tertiary/aromatic N) is 4. The Hall–Kier alpha value is -2.69. The molecular weight excluding hydrogens is 336 g/mol. The summed E-state index contributed by atoms with van der Waals surface area (Å²) >= 11 is 0. The van der Waals surface area contributed by atoms with Crippen LogP contribution >= 0.6 is 0 Å². The lowest BCUT2D eigenvalue weighted by Gasteiger charge is -2.28. The van der Waals surface area contributed by atoms with Gasteiger partial charge >= 0.3 is 0 Å². The molecule has 0 saturated heterocycles. The Bertz CT molecular complexity index is 865. The minimum absolute atomic E-state index is 0.234. The second-order valence-corrected chi connectivity index (χ2v) is 7.26. The van der Waals surface area contributed by atoms with E-state index in [-0.39, 0.29) is 6.10 Å². The van der Waals surface area contributed by atoms with Crippen molar-refractivity contribution in [3.05, 3.63) is 65.9 Å². The smallest absolute Gasteiger partial charge is 0.213 e. The van der Waals surface area contributed by atoms with E-state index in [9.17, 15) is 0 Å². The standard InChI is InChI=1S/C22H26N4O/c1-3-20-24-25-22(26(20)18-11-7-16(2)8-12-18)17-9-13-19(14-10-17)27-21-6-4-5-15-23-21/h4-8,11-12,15,17,19H,3,9-10,13-14H2,1-2H3. The zero-order chi connectivity index (χ0) is 18.6. The van der Waals surface area contributed by atoms with Crippen LogP contribution in [0.1, 0.15) is 55.7 Å². The Morgan fingerprint density at radius 1 is 1.00 bits per heavy atom. The molecule has 1 aliphatic rings. The van der Waals surface area contributed by atoms with Crippen LogP contribution in [0.15, 0.2) is 48.7 Å². The quantitative estimate of drug-likeness (QED) is 0.663. The highest BCUT2D eigenvalue weighted by Crippen LogP contribution is 2.35. The van der Waals surface area contributed by atoms with E-state index in [0.29, 0.717) is 5.92 Å². The number of hydrogen-bond acceptors (Lipinski definition) is 4. The van der Waals surface area contributed by atoms with Gasteiger partial charge in [0.2, 0.25) is 5.88 Å². The van der Waals surface area contributed by atoms with Gasteiger partial charge in [0.25, 0.3) is 0 Å². The molecule has 0 N–H and O–H groups in total. The maximum absolute atomic E-state index is 6.04. The van der Waals surface area contributed by atoms with Crippen LogP contribution in [0.25, 0.3) is 5.69 Å². The molecule has 2 heterocycles. The van der Waals surface area contributed by atoms with Crippen LogP contribution in [0.2, 0.25) is 0 Å². The van der Waals surface area contributed by atoms with Crippen molar-refractivity contribution in [3.8, 4) is 11.6 Å². The third kappa shape index (κ3) is 3.87. The zero-order valence-electron chi connectivity index (χ0n) is 16.0. The van der Waals surface area contributed by atoms with Gasteiger partial charge in [0.1, 0.15) is 17.8 Å². The second-order valence-electron chi connectivity index (χ2n) is 7.26. The Labute approximate surface area is 160 Å². The topological polar surface area (TPSA) is 52.8 Å². The summed E-state index contributed by atoms with van der Waals surface area (Å²) in [7, 11) is 0. The van der Waals surface area contributed by atoms with E-state index in [4.69, 9.17) is 4.74 Å². The van der Waals surface area contributed by atoms with Gasteiger partial charge < -0.3 is 4.74 Å². The highest BCUT2D eigenvalue weighted by atomic mass is 16.5. The van der Waals surface area contributed by atoms with Crippen molar-refractivity contribution in [2.75, 3.05) is 0 Å². The summed E-state index contributed by atoms with van der Waals surface area (Å²) in [6.07, 6.45) is 7.04. The van der Waals surface area contributed by atoms with Crippen molar-refractivity contribution < 1.29 is 4.74 Å². The maximum Gasteiger partial charge on any atom is 0.213 e. The normalized spacial score (nSPS) is 19.8. The van der Waals surface area contributed by atoms with E-state index in [0.717, 1.165) is 55.3 Å². The average Bonchev–Trinajstić information content (AvgIpc) is 3.14. The van der Waals surface area contributed by atoms with Crippen LogP contribution in [0.4, 0.5) is 0 Å². The molecule has 140 valence electrons. The Kier molecular flexibility index (Phi) is 5.19.